The van der Waals surface area contributed by atoms with Crippen LogP contribution in [0.4, 0.5) is 11.6 Å². The maximum atomic E-state index is 5.84. The summed E-state index contributed by atoms with van der Waals surface area (Å²) >= 11 is 0. The van der Waals surface area contributed by atoms with Gasteiger partial charge in [-0.15, -0.1) is 0 Å². The van der Waals surface area contributed by atoms with E-state index < -0.39 is 0 Å². The van der Waals surface area contributed by atoms with E-state index in [2.05, 4.69) is 26.6 Å². The predicted octanol–water partition coefficient (Wildman–Crippen LogP) is 3.94. The summed E-state index contributed by atoms with van der Waals surface area (Å²) in [6.07, 6.45) is 2.42. The van der Waals surface area contributed by atoms with Crippen molar-refractivity contribution in [3.8, 4) is 17.5 Å². The summed E-state index contributed by atoms with van der Waals surface area (Å²) < 4.78 is 16.5. The molecule has 1 aromatic heterocycles. The van der Waals surface area contributed by atoms with Crippen LogP contribution in [0.25, 0.3) is 0 Å². The molecule has 2 aromatic carbocycles. The number of anilines is 2. The number of hydrogen-bond acceptors (Lipinski definition) is 8. The Hall–Kier alpha value is -3.81. The fourth-order valence-electron chi connectivity index (χ4n) is 2.98. The first kappa shape index (κ1) is 22.9. The smallest absolute Gasteiger partial charge is 0.320 e. The molecule has 0 saturated carbocycles. The normalized spacial score (nSPS) is 10.8. The SMILES string of the molecule is COc1ccc(CCOc2nc(N/N=C/c3cccc(C)c3)cc(N(C)C)n2)cc1OC. The first-order valence-electron chi connectivity index (χ1n) is 10.2. The Labute approximate surface area is 188 Å². The maximum absolute atomic E-state index is 5.84. The molecule has 168 valence electrons. The van der Waals surface area contributed by atoms with Gasteiger partial charge in [0, 0.05) is 26.6 Å². The molecule has 0 radical (unpaired) electrons. The van der Waals surface area contributed by atoms with Gasteiger partial charge in [-0.3, -0.25) is 5.43 Å². The Morgan fingerprint density at radius 3 is 2.53 bits per heavy atom. The number of aromatic nitrogens is 2. The molecular formula is C24H29N5O3. The van der Waals surface area contributed by atoms with E-state index in [0.29, 0.717) is 30.3 Å². The van der Waals surface area contributed by atoms with E-state index in [1.807, 2.05) is 68.4 Å². The summed E-state index contributed by atoms with van der Waals surface area (Å²) in [6.45, 7) is 2.46. The molecule has 8 heteroatoms. The molecule has 0 aliphatic rings. The summed E-state index contributed by atoms with van der Waals surface area (Å²) in [4.78, 5) is 10.8. The molecule has 8 nitrogen and oxygen atoms in total. The van der Waals surface area contributed by atoms with Crippen molar-refractivity contribution in [2.75, 3.05) is 45.2 Å². The lowest BCUT2D eigenvalue weighted by atomic mass is 10.1. The van der Waals surface area contributed by atoms with Gasteiger partial charge in [0.25, 0.3) is 0 Å². The van der Waals surface area contributed by atoms with E-state index in [1.54, 1.807) is 20.4 Å². The molecule has 3 rings (SSSR count). The summed E-state index contributed by atoms with van der Waals surface area (Å²) in [5.41, 5.74) is 6.21. The first-order chi connectivity index (χ1) is 15.5. The van der Waals surface area contributed by atoms with Crippen LogP contribution >= 0.6 is 0 Å². The van der Waals surface area contributed by atoms with Crippen molar-refractivity contribution < 1.29 is 14.2 Å². The van der Waals surface area contributed by atoms with Crippen LogP contribution in [0.2, 0.25) is 0 Å². The molecule has 0 aliphatic heterocycles. The standard InChI is InChI=1S/C24H29N5O3/c1-17-7-6-8-19(13-17)16-25-28-22-15-23(29(2)3)27-24(26-22)32-12-11-18-9-10-20(30-4)21(14-18)31-5/h6-10,13-16H,11-12H2,1-5H3,(H,26,27,28)/b25-16+. The predicted molar refractivity (Wildman–Crippen MR) is 127 cm³/mol. The number of aryl methyl sites for hydroxylation is 1. The monoisotopic (exact) mass is 435 g/mol. The minimum absolute atomic E-state index is 0.282. The minimum Gasteiger partial charge on any atom is -0.493 e. The van der Waals surface area contributed by atoms with Crippen LogP contribution in [0.3, 0.4) is 0 Å². The van der Waals surface area contributed by atoms with E-state index in [-0.39, 0.29) is 6.01 Å². The van der Waals surface area contributed by atoms with Gasteiger partial charge in [-0.05, 0) is 30.2 Å². The van der Waals surface area contributed by atoms with Crippen LogP contribution in [0.15, 0.2) is 53.6 Å². The second-order valence-electron chi connectivity index (χ2n) is 7.36. The Morgan fingerprint density at radius 1 is 1.00 bits per heavy atom. The molecular weight excluding hydrogens is 406 g/mol. The van der Waals surface area contributed by atoms with Crippen molar-refractivity contribution >= 4 is 17.9 Å². The van der Waals surface area contributed by atoms with Crippen LogP contribution in [0.1, 0.15) is 16.7 Å². The van der Waals surface area contributed by atoms with E-state index in [9.17, 15) is 0 Å². The van der Waals surface area contributed by atoms with Crippen molar-refractivity contribution in [2.45, 2.75) is 13.3 Å². The number of hydrogen-bond donors (Lipinski definition) is 1. The lowest BCUT2D eigenvalue weighted by molar-refractivity contribution is 0.296. The Bertz CT molecular complexity index is 1070. The second-order valence-corrected chi connectivity index (χ2v) is 7.36. The maximum Gasteiger partial charge on any atom is 0.320 e. The third-order valence-electron chi connectivity index (χ3n) is 4.66. The van der Waals surface area contributed by atoms with Gasteiger partial charge in [-0.1, -0.05) is 35.9 Å². The number of benzene rings is 2. The van der Waals surface area contributed by atoms with Crippen molar-refractivity contribution in [3.05, 3.63) is 65.2 Å². The number of methoxy groups -OCH3 is 2. The molecule has 0 saturated heterocycles. The largest absolute Gasteiger partial charge is 0.493 e. The number of nitrogens with zero attached hydrogens (tertiary/aromatic N) is 4. The van der Waals surface area contributed by atoms with E-state index in [0.717, 1.165) is 16.9 Å². The fraction of sp³-hybridized carbons (Fsp3) is 0.292. The van der Waals surface area contributed by atoms with E-state index in [1.165, 1.54) is 5.56 Å². The second kappa shape index (κ2) is 11.0. The number of hydrazone groups is 1. The molecule has 0 fully saturated rings. The molecule has 0 amide bonds. The van der Waals surface area contributed by atoms with Crippen LogP contribution in [-0.2, 0) is 6.42 Å². The number of nitrogens with one attached hydrogen (secondary N) is 1. The first-order valence-corrected chi connectivity index (χ1v) is 10.2. The Kier molecular flexibility index (Phi) is 7.85. The van der Waals surface area contributed by atoms with Crippen molar-refractivity contribution in [1.82, 2.24) is 9.97 Å². The molecule has 0 aliphatic carbocycles. The third-order valence-corrected chi connectivity index (χ3v) is 4.66. The van der Waals surface area contributed by atoms with Gasteiger partial charge in [0.2, 0.25) is 0 Å². The molecule has 0 spiro atoms. The third kappa shape index (κ3) is 6.34. The zero-order chi connectivity index (χ0) is 22.9. The van der Waals surface area contributed by atoms with Crippen LogP contribution in [-0.4, -0.2) is 51.1 Å². The topological polar surface area (TPSA) is 81.1 Å². The fourth-order valence-corrected chi connectivity index (χ4v) is 2.98. The van der Waals surface area contributed by atoms with Crippen LogP contribution in [0.5, 0.6) is 17.5 Å². The molecule has 3 aromatic rings. The van der Waals surface area contributed by atoms with Gasteiger partial charge in [-0.2, -0.15) is 15.1 Å². The molecule has 1 N–H and O–H groups in total. The van der Waals surface area contributed by atoms with Crippen molar-refractivity contribution in [3.63, 3.8) is 0 Å². The minimum atomic E-state index is 0.282. The Morgan fingerprint density at radius 2 is 1.81 bits per heavy atom. The molecule has 0 atom stereocenters. The summed E-state index contributed by atoms with van der Waals surface area (Å²) in [5, 5.41) is 4.29. The highest BCUT2D eigenvalue weighted by molar-refractivity contribution is 5.80. The van der Waals surface area contributed by atoms with Crippen LogP contribution < -0.4 is 24.5 Å². The number of rotatable bonds is 10. The quantitative estimate of drug-likeness (QED) is 0.382. The van der Waals surface area contributed by atoms with Gasteiger partial charge < -0.3 is 19.1 Å². The van der Waals surface area contributed by atoms with Gasteiger partial charge in [0.1, 0.15) is 5.82 Å². The van der Waals surface area contributed by atoms with Crippen molar-refractivity contribution in [2.24, 2.45) is 5.10 Å². The lowest BCUT2D eigenvalue weighted by Crippen LogP contribution is -2.13. The van der Waals surface area contributed by atoms with Gasteiger partial charge in [0.05, 0.1) is 27.0 Å². The molecule has 1 heterocycles. The number of ether oxygens (including phenoxy) is 3. The van der Waals surface area contributed by atoms with Crippen LogP contribution in [0, 0.1) is 6.92 Å². The van der Waals surface area contributed by atoms with Gasteiger partial charge >= 0.3 is 6.01 Å². The van der Waals surface area contributed by atoms with Crippen molar-refractivity contribution in [1.29, 1.82) is 0 Å². The molecule has 0 unspecified atom stereocenters. The van der Waals surface area contributed by atoms with Gasteiger partial charge in [0.15, 0.2) is 17.3 Å². The highest BCUT2D eigenvalue weighted by Gasteiger charge is 2.09. The highest BCUT2D eigenvalue weighted by atomic mass is 16.5. The average Bonchev–Trinajstić information content (AvgIpc) is 2.79. The lowest BCUT2D eigenvalue weighted by Gasteiger charge is -2.14. The summed E-state index contributed by atoms with van der Waals surface area (Å²) in [6, 6.07) is 16.0. The van der Waals surface area contributed by atoms with Gasteiger partial charge in [-0.25, -0.2) is 0 Å². The zero-order valence-corrected chi connectivity index (χ0v) is 19.1. The zero-order valence-electron chi connectivity index (χ0n) is 19.1. The summed E-state index contributed by atoms with van der Waals surface area (Å²) in [5.74, 6) is 2.65. The molecule has 32 heavy (non-hydrogen) atoms. The molecule has 0 bridgehead atoms. The van der Waals surface area contributed by atoms with E-state index in [4.69, 9.17) is 14.2 Å². The summed E-state index contributed by atoms with van der Waals surface area (Å²) in [7, 11) is 7.06. The average molecular weight is 436 g/mol. The van der Waals surface area contributed by atoms with E-state index >= 15 is 0 Å². The Balaban J connectivity index is 1.66. The highest BCUT2D eigenvalue weighted by Crippen LogP contribution is 2.27.